The molecule has 80 valence electrons. The van der Waals surface area contributed by atoms with E-state index in [-0.39, 0.29) is 18.4 Å². The van der Waals surface area contributed by atoms with Gasteiger partial charge in [-0.3, -0.25) is 4.79 Å². The summed E-state index contributed by atoms with van der Waals surface area (Å²) in [5, 5.41) is 0. The Kier molecular flexibility index (Phi) is 3.03. The summed E-state index contributed by atoms with van der Waals surface area (Å²) < 4.78 is 16.1. The zero-order chi connectivity index (χ0) is 9.97. The summed E-state index contributed by atoms with van der Waals surface area (Å²) in [4.78, 5) is 11.0. The van der Waals surface area contributed by atoms with Crippen molar-refractivity contribution >= 4 is 5.97 Å². The fourth-order valence-corrected chi connectivity index (χ4v) is 2.07. The van der Waals surface area contributed by atoms with Crippen molar-refractivity contribution in [1.82, 2.24) is 0 Å². The van der Waals surface area contributed by atoms with E-state index in [1.807, 2.05) is 6.92 Å². The third kappa shape index (κ3) is 2.07. The molecule has 0 amide bonds. The molecule has 0 aromatic rings. The van der Waals surface area contributed by atoms with E-state index in [1.54, 1.807) is 0 Å². The predicted octanol–water partition coefficient (Wildman–Crippen LogP) is 1.09. The van der Waals surface area contributed by atoms with Gasteiger partial charge in [-0.15, -0.1) is 0 Å². The maximum atomic E-state index is 11.0. The van der Waals surface area contributed by atoms with Crippen molar-refractivity contribution in [2.75, 3.05) is 13.2 Å². The Balaban J connectivity index is 1.90. The van der Waals surface area contributed by atoms with Gasteiger partial charge in [0.2, 0.25) is 0 Å². The van der Waals surface area contributed by atoms with E-state index >= 15 is 0 Å². The molecule has 0 aliphatic carbocycles. The lowest BCUT2D eigenvalue weighted by Gasteiger charge is -2.12. The molecule has 14 heavy (non-hydrogen) atoms. The highest BCUT2D eigenvalue weighted by Gasteiger charge is 2.38. The van der Waals surface area contributed by atoms with Crippen molar-refractivity contribution in [2.24, 2.45) is 5.92 Å². The number of fused-ring (bicyclic) bond motifs is 1. The first-order chi connectivity index (χ1) is 6.79. The van der Waals surface area contributed by atoms with Crippen molar-refractivity contribution < 1.29 is 19.0 Å². The van der Waals surface area contributed by atoms with E-state index in [1.165, 1.54) is 0 Å². The Bertz CT molecular complexity index is 198. The molecular formula is C10H16O4. The van der Waals surface area contributed by atoms with Gasteiger partial charge in [-0.1, -0.05) is 0 Å². The first kappa shape index (κ1) is 9.93. The van der Waals surface area contributed by atoms with Gasteiger partial charge in [0.15, 0.2) is 6.29 Å². The molecule has 0 spiro atoms. The molecule has 2 heterocycles. The number of rotatable bonds is 2. The molecule has 3 atom stereocenters. The highest BCUT2D eigenvalue weighted by atomic mass is 16.7. The third-order valence-corrected chi connectivity index (χ3v) is 2.79. The lowest BCUT2D eigenvalue weighted by atomic mass is 10.00. The molecule has 0 radical (unpaired) electrons. The number of cyclic esters (lactones) is 1. The van der Waals surface area contributed by atoms with Gasteiger partial charge in [0.05, 0.1) is 12.7 Å². The summed E-state index contributed by atoms with van der Waals surface area (Å²) in [5.74, 6) is 0.231. The molecule has 0 unspecified atom stereocenters. The zero-order valence-electron chi connectivity index (χ0n) is 8.40. The highest BCUT2D eigenvalue weighted by Crippen LogP contribution is 2.32. The molecule has 2 fully saturated rings. The summed E-state index contributed by atoms with van der Waals surface area (Å²) in [5.41, 5.74) is 0. The van der Waals surface area contributed by atoms with E-state index < -0.39 is 0 Å². The molecule has 0 saturated carbocycles. The molecule has 2 saturated heterocycles. The van der Waals surface area contributed by atoms with E-state index in [2.05, 4.69) is 0 Å². The second-order valence-corrected chi connectivity index (χ2v) is 3.78. The molecular weight excluding hydrogens is 184 g/mol. The average molecular weight is 200 g/mol. The van der Waals surface area contributed by atoms with Crippen LogP contribution in [-0.2, 0) is 19.0 Å². The second kappa shape index (κ2) is 4.28. The number of esters is 1. The molecule has 0 aromatic carbocycles. The van der Waals surface area contributed by atoms with Crippen molar-refractivity contribution in [3.8, 4) is 0 Å². The lowest BCUT2D eigenvalue weighted by molar-refractivity contribution is -0.145. The third-order valence-electron chi connectivity index (χ3n) is 2.79. The van der Waals surface area contributed by atoms with Gasteiger partial charge in [-0.2, -0.15) is 0 Å². The number of ether oxygens (including phenoxy) is 3. The van der Waals surface area contributed by atoms with Crippen LogP contribution in [0.4, 0.5) is 0 Å². The van der Waals surface area contributed by atoms with Gasteiger partial charge in [-0.05, 0) is 13.3 Å². The van der Waals surface area contributed by atoms with Gasteiger partial charge < -0.3 is 14.2 Å². The number of carbonyl (C=O) groups excluding carboxylic acids is 1. The Hall–Kier alpha value is -0.610. The monoisotopic (exact) mass is 200 g/mol. The van der Waals surface area contributed by atoms with Crippen LogP contribution in [0.5, 0.6) is 0 Å². The molecule has 0 aromatic heterocycles. The fourth-order valence-electron chi connectivity index (χ4n) is 2.07. The summed E-state index contributed by atoms with van der Waals surface area (Å²) in [6.07, 6.45) is 2.16. The van der Waals surface area contributed by atoms with Gasteiger partial charge >= 0.3 is 5.97 Å². The van der Waals surface area contributed by atoms with Gasteiger partial charge in [0.25, 0.3) is 0 Å². The minimum atomic E-state index is -0.101. The SMILES string of the molecule is CCO[C@H]1C[C@@H]2COC(=O)CC[C@H]2O1. The number of hydrogen-bond acceptors (Lipinski definition) is 4. The van der Waals surface area contributed by atoms with Crippen LogP contribution >= 0.6 is 0 Å². The minimum absolute atomic E-state index is 0.0909. The van der Waals surface area contributed by atoms with Crippen molar-refractivity contribution in [3.63, 3.8) is 0 Å². The Morgan fingerprint density at radius 1 is 1.57 bits per heavy atom. The lowest BCUT2D eigenvalue weighted by Crippen LogP contribution is -2.17. The quantitative estimate of drug-likeness (QED) is 0.626. The fraction of sp³-hybridized carbons (Fsp3) is 0.900. The van der Waals surface area contributed by atoms with Crippen LogP contribution in [0, 0.1) is 5.92 Å². The van der Waals surface area contributed by atoms with Crippen molar-refractivity contribution in [1.29, 1.82) is 0 Å². The van der Waals surface area contributed by atoms with Crippen LogP contribution in [0.25, 0.3) is 0 Å². The standard InChI is InChI=1S/C10H16O4/c1-2-12-10-5-7-6-13-9(11)4-3-8(7)14-10/h7-8,10H,2-6H2,1H3/t7-,8-,10-/m1/s1. The van der Waals surface area contributed by atoms with Gasteiger partial charge in [0, 0.05) is 25.4 Å². The predicted molar refractivity (Wildman–Crippen MR) is 48.6 cm³/mol. The maximum absolute atomic E-state index is 11.0. The number of carbonyl (C=O) groups is 1. The van der Waals surface area contributed by atoms with Crippen LogP contribution in [0.3, 0.4) is 0 Å². The Labute approximate surface area is 83.5 Å². The van der Waals surface area contributed by atoms with Crippen LogP contribution in [0.15, 0.2) is 0 Å². The highest BCUT2D eigenvalue weighted by molar-refractivity contribution is 5.69. The van der Waals surface area contributed by atoms with E-state index in [4.69, 9.17) is 14.2 Å². The molecule has 2 aliphatic rings. The van der Waals surface area contributed by atoms with E-state index in [0.717, 1.165) is 12.8 Å². The summed E-state index contributed by atoms with van der Waals surface area (Å²) >= 11 is 0. The Morgan fingerprint density at radius 2 is 2.43 bits per heavy atom. The molecule has 2 rings (SSSR count). The molecule has 4 nitrogen and oxygen atoms in total. The smallest absolute Gasteiger partial charge is 0.305 e. The first-order valence-corrected chi connectivity index (χ1v) is 5.22. The summed E-state index contributed by atoms with van der Waals surface area (Å²) in [6, 6.07) is 0. The van der Waals surface area contributed by atoms with Crippen LogP contribution < -0.4 is 0 Å². The zero-order valence-corrected chi connectivity index (χ0v) is 8.40. The maximum Gasteiger partial charge on any atom is 0.305 e. The van der Waals surface area contributed by atoms with Gasteiger partial charge in [-0.25, -0.2) is 0 Å². The van der Waals surface area contributed by atoms with Crippen LogP contribution in [0.1, 0.15) is 26.2 Å². The average Bonchev–Trinajstić information content (AvgIpc) is 2.47. The van der Waals surface area contributed by atoms with Crippen molar-refractivity contribution in [3.05, 3.63) is 0 Å². The molecule has 0 N–H and O–H groups in total. The molecule has 0 bridgehead atoms. The molecule has 4 heteroatoms. The largest absolute Gasteiger partial charge is 0.465 e. The van der Waals surface area contributed by atoms with Crippen LogP contribution in [-0.4, -0.2) is 31.6 Å². The second-order valence-electron chi connectivity index (χ2n) is 3.78. The normalized spacial score (nSPS) is 37.5. The van der Waals surface area contributed by atoms with E-state index in [0.29, 0.717) is 25.6 Å². The van der Waals surface area contributed by atoms with E-state index in [9.17, 15) is 4.79 Å². The molecule has 2 aliphatic heterocycles. The number of hydrogen-bond donors (Lipinski definition) is 0. The summed E-state index contributed by atoms with van der Waals surface area (Å²) in [6.45, 7) is 3.12. The minimum Gasteiger partial charge on any atom is -0.465 e. The van der Waals surface area contributed by atoms with Crippen molar-refractivity contribution in [2.45, 2.75) is 38.6 Å². The first-order valence-electron chi connectivity index (χ1n) is 5.22. The van der Waals surface area contributed by atoms with Crippen LogP contribution in [0.2, 0.25) is 0 Å². The summed E-state index contributed by atoms with van der Waals surface area (Å²) in [7, 11) is 0. The Morgan fingerprint density at radius 3 is 3.21 bits per heavy atom. The van der Waals surface area contributed by atoms with Gasteiger partial charge in [0.1, 0.15) is 0 Å². The topological polar surface area (TPSA) is 44.8 Å².